The van der Waals surface area contributed by atoms with Gasteiger partial charge in [0.1, 0.15) is 6.04 Å². The SMILES string of the molecule is Cc1ccc(CN(C(=O)CSCc2ccc(Cl)c(Cl)c2)C(C)C(=O)NC(C)(C)C)cc1. The lowest BCUT2D eigenvalue weighted by molar-refractivity contribution is -0.139. The Labute approximate surface area is 199 Å². The van der Waals surface area contributed by atoms with Gasteiger partial charge in [-0.05, 0) is 57.9 Å². The highest BCUT2D eigenvalue weighted by Gasteiger charge is 2.28. The van der Waals surface area contributed by atoms with Crippen LogP contribution in [0.2, 0.25) is 10.0 Å². The molecule has 0 heterocycles. The number of nitrogens with one attached hydrogen (secondary N) is 1. The topological polar surface area (TPSA) is 49.4 Å². The Hall–Kier alpha value is -1.69. The number of hydrogen-bond acceptors (Lipinski definition) is 3. The van der Waals surface area contributed by atoms with Crippen LogP contribution in [-0.2, 0) is 21.9 Å². The first kappa shape index (κ1) is 25.6. The molecule has 0 aliphatic carbocycles. The molecular formula is C24H30Cl2N2O2S. The molecular weight excluding hydrogens is 451 g/mol. The average Bonchev–Trinajstić information content (AvgIpc) is 2.68. The van der Waals surface area contributed by atoms with Crippen LogP contribution < -0.4 is 5.32 Å². The van der Waals surface area contributed by atoms with Crippen LogP contribution in [0.5, 0.6) is 0 Å². The van der Waals surface area contributed by atoms with Crippen molar-refractivity contribution in [2.45, 2.75) is 58.5 Å². The van der Waals surface area contributed by atoms with Crippen molar-refractivity contribution in [3.05, 3.63) is 69.2 Å². The number of rotatable bonds is 8. The Balaban J connectivity index is 2.09. The Bertz CT molecular complexity index is 911. The van der Waals surface area contributed by atoms with E-state index in [2.05, 4.69) is 5.32 Å². The lowest BCUT2D eigenvalue weighted by Crippen LogP contribution is -2.52. The molecule has 1 N–H and O–H groups in total. The highest BCUT2D eigenvalue weighted by molar-refractivity contribution is 7.99. The number of thioether (sulfide) groups is 1. The fourth-order valence-corrected chi connectivity index (χ4v) is 4.09. The van der Waals surface area contributed by atoms with E-state index in [0.29, 0.717) is 22.3 Å². The molecule has 2 rings (SSSR count). The second-order valence-electron chi connectivity index (χ2n) is 8.66. The third-order valence-corrected chi connectivity index (χ3v) is 6.34. The zero-order chi connectivity index (χ0) is 23.2. The summed E-state index contributed by atoms with van der Waals surface area (Å²) in [6.45, 7) is 9.96. The predicted molar refractivity (Wildman–Crippen MR) is 132 cm³/mol. The summed E-state index contributed by atoms with van der Waals surface area (Å²) in [7, 11) is 0. The summed E-state index contributed by atoms with van der Waals surface area (Å²) in [5.74, 6) is 0.646. The molecule has 7 heteroatoms. The van der Waals surface area contributed by atoms with E-state index in [0.717, 1.165) is 16.7 Å². The van der Waals surface area contributed by atoms with Crippen molar-refractivity contribution in [1.29, 1.82) is 0 Å². The molecule has 2 amide bonds. The largest absolute Gasteiger partial charge is 0.350 e. The van der Waals surface area contributed by atoms with Gasteiger partial charge in [0.2, 0.25) is 11.8 Å². The van der Waals surface area contributed by atoms with Crippen LogP contribution in [-0.4, -0.2) is 34.0 Å². The zero-order valence-corrected chi connectivity index (χ0v) is 21.0. The highest BCUT2D eigenvalue weighted by atomic mass is 35.5. The van der Waals surface area contributed by atoms with E-state index in [1.54, 1.807) is 17.9 Å². The summed E-state index contributed by atoms with van der Waals surface area (Å²) in [5.41, 5.74) is 2.77. The molecule has 0 aliphatic heterocycles. The number of carbonyl (C=O) groups is 2. The Morgan fingerprint density at radius 2 is 1.65 bits per heavy atom. The maximum atomic E-state index is 13.1. The van der Waals surface area contributed by atoms with Crippen molar-refractivity contribution in [3.8, 4) is 0 Å². The number of benzene rings is 2. The molecule has 0 bridgehead atoms. The smallest absolute Gasteiger partial charge is 0.242 e. The monoisotopic (exact) mass is 480 g/mol. The van der Waals surface area contributed by atoms with Crippen LogP contribution in [0.4, 0.5) is 0 Å². The van der Waals surface area contributed by atoms with E-state index in [9.17, 15) is 9.59 Å². The van der Waals surface area contributed by atoms with Gasteiger partial charge in [-0.1, -0.05) is 59.1 Å². The second-order valence-corrected chi connectivity index (χ2v) is 10.5. The molecule has 1 unspecified atom stereocenters. The van der Waals surface area contributed by atoms with Crippen LogP contribution in [0.25, 0.3) is 0 Å². The second kappa shape index (κ2) is 11.3. The molecule has 31 heavy (non-hydrogen) atoms. The minimum absolute atomic E-state index is 0.0813. The normalized spacial score (nSPS) is 12.4. The minimum atomic E-state index is -0.585. The predicted octanol–water partition coefficient (Wildman–Crippen LogP) is 5.87. The maximum Gasteiger partial charge on any atom is 0.242 e. The average molecular weight is 481 g/mol. The fourth-order valence-electron chi connectivity index (χ4n) is 2.92. The third-order valence-electron chi connectivity index (χ3n) is 4.62. The van der Waals surface area contributed by atoms with Gasteiger partial charge < -0.3 is 10.2 Å². The van der Waals surface area contributed by atoms with Crippen molar-refractivity contribution in [2.75, 3.05) is 5.75 Å². The van der Waals surface area contributed by atoms with Crippen molar-refractivity contribution < 1.29 is 9.59 Å². The summed E-state index contributed by atoms with van der Waals surface area (Å²) in [4.78, 5) is 27.5. The molecule has 0 saturated heterocycles. The van der Waals surface area contributed by atoms with Gasteiger partial charge in [-0.25, -0.2) is 0 Å². The molecule has 168 valence electrons. The summed E-state index contributed by atoms with van der Waals surface area (Å²) >= 11 is 13.5. The molecule has 2 aromatic carbocycles. The highest BCUT2D eigenvalue weighted by Crippen LogP contribution is 2.25. The van der Waals surface area contributed by atoms with Crippen LogP contribution in [0.1, 0.15) is 44.4 Å². The van der Waals surface area contributed by atoms with Gasteiger partial charge in [-0.2, -0.15) is 0 Å². The zero-order valence-electron chi connectivity index (χ0n) is 18.7. The van der Waals surface area contributed by atoms with Gasteiger partial charge in [0.25, 0.3) is 0 Å². The van der Waals surface area contributed by atoms with E-state index in [1.807, 2.05) is 64.1 Å². The van der Waals surface area contributed by atoms with Crippen LogP contribution >= 0.6 is 35.0 Å². The summed E-state index contributed by atoms with van der Waals surface area (Å²) in [5, 5.41) is 3.98. The number of amides is 2. The summed E-state index contributed by atoms with van der Waals surface area (Å²) in [6.07, 6.45) is 0. The van der Waals surface area contributed by atoms with Crippen molar-refractivity contribution in [1.82, 2.24) is 10.2 Å². The standard InChI is InChI=1S/C24H30Cl2N2O2S/c1-16-6-8-18(9-7-16)13-28(17(2)23(30)27-24(3,4)5)22(29)15-31-14-19-10-11-20(25)21(26)12-19/h6-12,17H,13-15H2,1-5H3,(H,27,30). The van der Waals surface area contributed by atoms with Gasteiger partial charge in [0, 0.05) is 17.8 Å². The lowest BCUT2D eigenvalue weighted by atomic mass is 10.1. The first-order valence-corrected chi connectivity index (χ1v) is 12.1. The molecule has 2 aromatic rings. The van der Waals surface area contributed by atoms with E-state index in [4.69, 9.17) is 23.2 Å². The molecule has 0 spiro atoms. The van der Waals surface area contributed by atoms with Crippen molar-refractivity contribution in [3.63, 3.8) is 0 Å². The van der Waals surface area contributed by atoms with E-state index >= 15 is 0 Å². The summed E-state index contributed by atoms with van der Waals surface area (Å²) in [6, 6.07) is 12.9. The van der Waals surface area contributed by atoms with Gasteiger partial charge in [0.05, 0.1) is 15.8 Å². The number of aryl methyl sites for hydroxylation is 1. The molecule has 0 saturated carbocycles. The van der Waals surface area contributed by atoms with Crippen molar-refractivity contribution >= 4 is 46.8 Å². The van der Waals surface area contributed by atoms with Gasteiger partial charge >= 0.3 is 0 Å². The Morgan fingerprint density at radius 1 is 1.03 bits per heavy atom. The molecule has 0 fully saturated rings. The Kier molecular flexibility index (Phi) is 9.28. The number of nitrogens with zero attached hydrogens (tertiary/aromatic N) is 1. The lowest BCUT2D eigenvalue weighted by Gasteiger charge is -2.31. The first-order valence-electron chi connectivity index (χ1n) is 10.1. The van der Waals surface area contributed by atoms with Gasteiger partial charge in [-0.15, -0.1) is 11.8 Å². The van der Waals surface area contributed by atoms with Crippen LogP contribution in [0.3, 0.4) is 0 Å². The van der Waals surface area contributed by atoms with Crippen molar-refractivity contribution in [2.24, 2.45) is 0 Å². The Morgan fingerprint density at radius 3 is 2.23 bits per heavy atom. The molecule has 0 aromatic heterocycles. The maximum absolute atomic E-state index is 13.1. The molecule has 0 aliphatic rings. The minimum Gasteiger partial charge on any atom is -0.350 e. The van der Waals surface area contributed by atoms with Crippen LogP contribution in [0.15, 0.2) is 42.5 Å². The van der Waals surface area contributed by atoms with Crippen LogP contribution in [0, 0.1) is 6.92 Å². The molecule has 4 nitrogen and oxygen atoms in total. The summed E-state index contributed by atoms with van der Waals surface area (Å²) < 4.78 is 0. The van der Waals surface area contributed by atoms with Gasteiger partial charge in [-0.3, -0.25) is 9.59 Å². The first-order chi connectivity index (χ1) is 14.5. The van der Waals surface area contributed by atoms with E-state index in [1.165, 1.54) is 11.8 Å². The number of hydrogen-bond donors (Lipinski definition) is 1. The number of carbonyl (C=O) groups excluding carboxylic acids is 2. The molecule has 1 atom stereocenters. The van der Waals surface area contributed by atoms with Gasteiger partial charge in [0.15, 0.2) is 0 Å². The molecule has 0 radical (unpaired) electrons. The number of halogens is 2. The third kappa shape index (κ3) is 8.40. The van der Waals surface area contributed by atoms with E-state index in [-0.39, 0.29) is 23.1 Å². The fraction of sp³-hybridized carbons (Fsp3) is 0.417. The quantitative estimate of drug-likeness (QED) is 0.513. The van der Waals surface area contributed by atoms with E-state index < -0.39 is 6.04 Å².